The highest BCUT2D eigenvalue weighted by atomic mass is 32.2. The van der Waals surface area contributed by atoms with Crippen LogP contribution in [0.25, 0.3) is 0 Å². The van der Waals surface area contributed by atoms with Crippen molar-refractivity contribution >= 4 is 40.8 Å². The van der Waals surface area contributed by atoms with Gasteiger partial charge in [0.2, 0.25) is 5.91 Å². The minimum atomic E-state index is 0.119. The maximum absolute atomic E-state index is 12.0. The van der Waals surface area contributed by atoms with Crippen LogP contribution in [0.3, 0.4) is 0 Å². The fourth-order valence-electron chi connectivity index (χ4n) is 2.34. The van der Waals surface area contributed by atoms with Gasteiger partial charge in [-0.3, -0.25) is 4.79 Å². The molecule has 20 heavy (non-hydrogen) atoms. The first-order valence-corrected chi connectivity index (χ1v) is 9.86. The van der Waals surface area contributed by atoms with E-state index in [-0.39, 0.29) is 5.91 Å². The molecule has 2 atom stereocenters. The van der Waals surface area contributed by atoms with E-state index in [2.05, 4.69) is 29.4 Å². The van der Waals surface area contributed by atoms with Crippen molar-refractivity contribution in [2.45, 2.75) is 54.3 Å². The van der Waals surface area contributed by atoms with E-state index in [1.54, 1.807) is 23.1 Å². The first-order chi connectivity index (χ1) is 9.69. The van der Waals surface area contributed by atoms with Crippen molar-refractivity contribution in [3.05, 3.63) is 0 Å². The number of carbonyl (C=O) groups excluding carboxylic acids is 1. The summed E-state index contributed by atoms with van der Waals surface area (Å²) >= 11 is 4.74. The summed E-state index contributed by atoms with van der Waals surface area (Å²) in [6.07, 6.45) is 4.88. The number of rotatable bonds is 6. The highest BCUT2D eigenvalue weighted by Crippen LogP contribution is 2.28. The molecule has 1 heterocycles. The van der Waals surface area contributed by atoms with Crippen molar-refractivity contribution in [2.75, 3.05) is 11.5 Å². The van der Waals surface area contributed by atoms with E-state index in [4.69, 9.17) is 0 Å². The highest BCUT2D eigenvalue weighted by Gasteiger charge is 2.22. The minimum Gasteiger partial charge on any atom is -0.352 e. The number of nitrogens with one attached hydrogen (secondary N) is 1. The molecule has 0 saturated heterocycles. The molecule has 1 aliphatic carbocycles. The molecule has 7 heteroatoms. The van der Waals surface area contributed by atoms with Crippen LogP contribution in [-0.2, 0) is 4.79 Å². The molecular weight excluding hydrogens is 310 g/mol. The molecule has 1 fully saturated rings. The fraction of sp³-hybridized carbons (Fsp3) is 0.769. The molecule has 0 aromatic carbocycles. The summed E-state index contributed by atoms with van der Waals surface area (Å²) in [6.45, 7) is 4.33. The molecule has 2 rings (SSSR count). The third kappa shape index (κ3) is 4.93. The quantitative estimate of drug-likeness (QED) is 0.809. The van der Waals surface area contributed by atoms with Gasteiger partial charge in [-0.1, -0.05) is 61.5 Å². The number of amides is 1. The largest absolute Gasteiger partial charge is 0.352 e. The lowest BCUT2D eigenvalue weighted by atomic mass is 9.86. The van der Waals surface area contributed by atoms with Gasteiger partial charge in [0, 0.05) is 6.04 Å². The van der Waals surface area contributed by atoms with Gasteiger partial charge in [0.25, 0.3) is 0 Å². The lowest BCUT2D eigenvalue weighted by molar-refractivity contribution is -0.119. The van der Waals surface area contributed by atoms with Crippen LogP contribution in [-0.4, -0.2) is 33.7 Å². The van der Waals surface area contributed by atoms with Crippen LogP contribution in [0.2, 0.25) is 0 Å². The molecule has 1 aromatic heterocycles. The second kappa shape index (κ2) is 8.24. The van der Waals surface area contributed by atoms with Gasteiger partial charge in [0.15, 0.2) is 8.68 Å². The standard InChI is InChI=1S/C13H21N3OS3/c1-3-18-12-15-16-13(20-12)19-8-11(17)14-10-7-5-4-6-9(10)2/h9-10H,3-8H2,1-2H3,(H,14,17)/t9-,10+/m0/s1. The summed E-state index contributed by atoms with van der Waals surface area (Å²) in [5.74, 6) is 2.16. The van der Waals surface area contributed by atoms with E-state index in [0.29, 0.717) is 17.7 Å². The van der Waals surface area contributed by atoms with Gasteiger partial charge in [0.05, 0.1) is 5.75 Å². The van der Waals surface area contributed by atoms with E-state index in [9.17, 15) is 4.79 Å². The molecule has 1 aromatic rings. The molecule has 1 aliphatic rings. The molecule has 1 amide bonds. The number of hydrogen-bond donors (Lipinski definition) is 1. The molecule has 1 saturated carbocycles. The molecular formula is C13H21N3OS3. The van der Waals surface area contributed by atoms with Gasteiger partial charge in [-0.05, 0) is 24.5 Å². The second-order valence-corrected chi connectivity index (χ2v) is 8.70. The molecule has 1 N–H and O–H groups in total. The van der Waals surface area contributed by atoms with Gasteiger partial charge in [-0.25, -0.2) is 0 Å². The smallest absolute Gasteiger partial charge is 0.230 e. The zero-order valence-electron chi connectivity index (χ0n) is 11.9. The molecule has 0 unspecified atom stereocenters. The Morgan fingerprint density at radius 3 is 2.70 bits per heavy atom. The Morgan fingerprint density at radius 2 is 2.00 bits per heavy atom. The van der Waals surface area contributed by atoms with Gasteiger partial charge in [-0.2, -0.15) is 0 Å². The monoisotopic (exact) mass is 331 g/mol. The average Bonchev–Trinajstić information content (AvgIpc) is 2.87. The zero-order chi connectivity index (χ0) is 14.4. The maximum atomic E-state index is 12.0. The predicted molar refractivity (Wildman–Crippen MR) is 86.6 cm³/mol. The maximum Gasteiger partial charge on any atom is 0.230 e. The minimum absolute atomic E-state index is 0.119. The van der Waals surface area contributed by atoms with Gasteiger partial charge in [0.1, 0.15) is 0 Å². The highest BCUT2D eigenvalue weighted by molar-refractivity contribution is 8.03. The fourth-order valence-corrected chi connectivity index (χ4v) is 5.07. The lowest BCUT2D eigenvalue weighted by Crippen LogP contribution is -2.41. The van der Waals surface area contributed by atoms with E-state index in [0.717, 1.165) is 20.9 Å². The van der Waals surface area contributed by atoms with Crippen molar-refractivity contribution in [3.8, 4) is 0 Å². The SMILES string of the molecule is CCSc1nnc(SCC(=O)N[C@@H]2CCCC[C@@H]2C)s1. The van der Waals surface area contributed by atoms with Crippen LogP contribution in [0.4, 0.5) is 0 Å². The van der Waals surface area contributed by atoms with Crippen LogP contribution < -0.4 is 5.32 Å². The first-order valence-electron chi connectivity index (χ1n) is 7.07. The molecule has 0 spiro atoms. The van der Waals surface area contributed by atoms with Crippen molar-refractivity contribution < 1.29 is 4.79 Å². The third-order valence-electron chi connectivity index (χ3n) is 3.44. The summed E-state index contributed by atoms with van der Waals surface area (Å²) < 4.78 is 1.86. The van der Waals surface area contributed by atoms with Crippen LogP contribution in [0, 0.1) is 5.92 Å². The average molecular weight is 332 g/mol. The zero-order valence-corrected chi connectivity index (χ0v) is 14.4. The Balaban J connectivity index is 1.73. The van der Waals surface area contributed by atoms with E-state index in [1.165, 1.54) is 31.0 Å². The molecule has 0 bridgehead atoms. The molecule has 112 valence electrons. The summed E-state index contributed by atoms with van der Waals surface area (Å²) in [4.78, 5) is 12.0. The summed E-state index contributed by atoms with van der Waals surface area (Å²) in [5, 5.41) is 11.4. The van der Waals surface area contributed by atoms with E-state index >= 15 is 0 Å². The van der Waals surface area contributed by atoms with Crippen LogP contribution >= 0.6 is 34.9 Å². The lowest BCUT2D eigenvalue weighted by Gasteiger charge is -2.29. The predicted octanol–water partition coefficient (Wildman–Crippen LogP) is 3.44. The van der Waals surface area contributed by atoms with Crippen molar-refractivity contribution in [1.29, 1.82) is 0 Å². The van der Waals surface area contributed by atoms with E-state index in [1.807, 2.05) is 0 Å². The van der Waals surface area contributed by atoms with Crippen molar-refractivity contribution in [1.82, 2.24) is 15.5 Å². The summed E-state index contributed by atoms with van der Waals surface area (Å²) in [6, 6.07) is 0.359. The number of carbonyl (C=O) groups is 1. The van der Waals surface area contributed by atoms with Gasteiger partial charge in [-0.15, -0.1) is 10.2 Å². The Bertz CT molecular complexity index is 438. The molecule has 4 nitrogen and oxygen atoms in total. The van der Waals surface area contributed by atoms with Gasteiger partial charge < -0.3 is 5.32 Å². The Labute approximate surface area is 132 Å². The molecule has 0 aliphatic heterocycles. The Kier molecular flexibility index (Phi) is 6.64. The number of nitrogens with zero attached hydrogens (tertiary/aromatic N) is 2. The van der Waals surface area contributed by atoms with Crippen molar-refractivity contribution in [2.24, 2.45) is 5.92 Å². The second-order valence-electron chi connectivity index (χ2n) is 4.99. The van der Waals surface area contributed by atoms with E-state index < -0.39 is 0 Å². The number of thioether (sulfide) groups is 2. The third-order valence-corrected chi connectivity index (χ3v) is 6.51. The topological polar surface area (TPSA) is 54.9 Å². The number of aromatic nitrogens is 2. The Hall–Kier alpha value is -0.270. The molecule has 0 radical (unpaired) electrons. The Morgan fingerprint density at radius 1 is 1.30 bits per heavy atom. The van der Waals surface area contributed by atoms with Gasteiger partial charge >= 0.3 is 0 Å². The normalized spacial score (nSPS) is 22.7. The summed E-state index contributed by atoms with van der Waals surface area (Å²) in [5.41, 5.74) is 0. The first kappa shape index (κ1) is 16.1. The van der Waals surface area contributed by atoms with Crippen LogP contribution in [0.15, 0.2) is 8.68 Å². The van der Waals surface area contributed by atoms with Crippen LogP contribution in [0.1, 0.15) is 39.5 Å². The van der Waals surface area contributed by atoms with Crippen molar-refractivity contribution in [3.63, 3.8) is 0 Å². The number of hydrogen-bond acceptors (Lipinski definition) is 6. The summed E-state index contributed by atoms with van der Waals surface area (Å²) in [7, 11) is 0. The van der Waals surface area contributed by atoms with Crippen LogP contribution in [0.5, 0.6) is 0 Å².